The average Bonchev–Trinajstić information content (AvgIpc) is 2.98. The number of rotatable bonds is 2. The molecule has 3 rings (SSSR count). The Labute approximate surface area is 144 Å². The Balaban J connectivity index is 1.80. The van der Waals surface area contributed by atoms with Crippen LogP contribution in [0.15, 0.2) is 30.3 Å². The van der Waals surface area contributed by atoms with Gasteiger partial charge in [0, 0.05) is 9.58 Å². The zero-order chi connectivity index (χ0) is 15.9. The lowest BCUT2D eigenvalue weighted by atomic mass is 9.99. The van der Waals surface area contributed by atoms with E-state index in [-0.39, 0.29) is 0 Å². The van der Waals surface area contributed by atoms with Crippen molar-refractivity contribution in [1.29, 1.82) is 0 Å². The summed E-state index contributed by atoms with van der Waals surface area (Å²) in [4.78, 5) is 1.46. The molecule has 2 aromatic rings. The lowest BCUT2D eigenvalue weighted by Gasteiger charge is -2.08. The number of hydrogen-bond acceptors (Lipinski definition) is 2. The minimum atomic E-state index is 0.957. The van der Waals surface area contributed by atoms with Crippen LogP contribution in [0.5, 0.6) is 5.75 Å². The molecule has 0 amide bonds. The second-order valence-corrected chi connectivity index (χ2v) is 7.69. The molecule has 1 aliphatic rings. The van der Waals surface area contributed by atoms with Crippen molar-refractivity contribution in [3.63, 3.8) is 0 Å². The van der Waals surface area contributed by atoms with Crippen LogP contribution in [0.4, 0.5) is 0 Å². The molecule has 0 spiro atoms. The van der Waals surface area contributed by atoms with Crippen LogP contribution in [0.1, 0.15) is 69.1 Å². The summed E-state index contributed by atoms with van der Waals surface area (Å²) < 4.78 is 6.70. The first kappa shape index (κ1) is 16.6. The van der Waals surface area contributed by atoms with Crippen molar-refractivity contribution in [3.05, 3.63) is 35.2 Å². The summed E-state index contributed by atoms with van der Waals surface area (Å²) in [5.74, 6) is 0.957. The van der Waals surface area contributed by atoms with Gasteiger partial charge >= 0.3 is 0 Å². The molecule has 23 heavy (non-hydrogen) atoms. The fourth-order valence-corrected chi connectivity index (χ4v) is 4.58. The number of hydrogen-bond donors (Lipinski definition) is 0. The maximum atomic E-state index is 5.36. The lowest BCUT2D eigenvalue weighted by molar-refractivity contribution is 0.415. The van der Waals surface area contributed by atoms with E-state index in [0.717, 1.165) is 5.75 Å². The van der Waals surface area contributed by atoms with Crippen molar-refractivity contribution >= 4 is 27.0 Å². The zero-order valence-electron chi connectivity index (χ0n) is 14.3. The highest BCUT2D eigenvalue weighted by Crippen LogP contribution is 2.35. The second-order valence-electron chi connectivity index (χ2n) is 6.61. The predicted molar refractivity (Wildman–Crippen MR) is 103 cm³/mol. The van der Waals surface area contributed by atoms with Crippen molar-refractivity contribution in [2.45, 2.75) is 64.2 Å². The van der Waals surface area contributed by atoms with Crippen molar-refractivity contribution in [3.8, 4) is 5.75 Å². The summed E-state index contributed by atoms with van der Waals surface area (Å²) in [6, 6.07) is 8.79. The molecule has 1 nitrogen and oxygen atoms in total. The van der Waals surface area contributed by atoms with Gasteiger partial charge in [-0.1, -0.05) is 44.6 Å². The third kappa shape index (κ3) is 4.60. The molecule has 0 aliphatic heterocycles. The summed E-state index contributed by atoms with van der Waals surface area (Å²) in [6.45, 7) is 0. The van der Waals surface area contributed by atoms with Crippen LogP contribution in [-0.4, -0.2) is 7.11 Å². The van der Waals surface area contributed by atoms with Gasteiger partial charge < -0.3 is 4.74 Å². The molecular formula is C21H28OS. The Morgan fingerprint density at radius 2 is 1.61 bits per heavy atom. The number of ether oxygens (including phenoxy) is 1. The number of thiophene rings is 1. The molecule has 1 aromatic heterocycles. The zero-order valence-corrected chi connectivity index (χ0v) is 15.1. The van der Waals surface area contributed by atoms with Crippen molar-refractivity contribution in [2.24, 2.45) is 0 Å². The molecule has 0 bridgehead atoms. The van der Waals surface area contributed by atoms with E-state index in [9.17, 15) is 0 Å². The van der Waals surface area contributed by atoms with E-state index >= 15 is 0 Å². The highest BCUT2D eigenvalue weighted by Gasteiger charge is 2.08. The minimum absolute atomic E-state index is 0.957. The third-order valence-corrected chi connectivity index (χ3v) is 6.01. The van der Waals surface area contributed by atoms with Crippen LogP contribution >= 0.6 is 11.3 Å². The topological polar surface area (TPSA) is 9.23 Å². The Morgan fingerprint density at radius 3 is 2.39 bits per heavy atom. The average molecular weight is 329 g/mol. The lowest BCUT2D eigenvalue weighted by Crippen LogP contribution is -1.87. The molecular weight excluding hydrogens is 300 g/mol. The molecule has 1 heterocycles. The van der Waals surface area contributed by atoms with Gasteiger partial charge in [-0.2, -0.15) is 0 Å². The quantitative estimate of drug-likeness (QED) is 0.566. The fourth-order valence-electron chi connectivity index (χ4n) is 3.42. The molecule has 1 aliphatic carbocycles. The van der Waals surface area contributed by atoms with Gasteiger partial charge in [0.05, 0.1) is 7.11 Å². The van der Waals surface area contributed by atoms with E-state index < -0.39 is 0 Å². The van der Waals surface area contributed by atoms with Gasteiger partial charge in [0.15, 0.2) is 0 Å². The summed E-state index contributed by atoms with van der Waals surface area (Å²) in [5.41, 5.74) is 1.57. The Kier molecular flexibility index (Phi) is 6.15. The van der Waals surface area contributed by atoms with E-state index in [4.69, 9.17) is 4.74 Å². The SMILES string of the molecule is COc1ccc2cc(/C3=C/CCCCCCCCCC3)sc2c1. The molecule has 0 N–H and O–H groups in total. The van der Waals surface area contributed by atoms with Crippen molar-refractivity contribution in [1.82, 2.24) is 0 Å². The number of benzene rings is 1. The highest BCUT2D eigenvalue weighted by atomic mass is 32.1. The van der Waals surface area contributed by atoms with Crippen molar-refractivity contribution < 1.29 is 4.74 Å². The molecule has 2 heteroatoms. The summed E-state index contributed by atoms with van der Waals surface area (Å²) in [5, 5.41) is 1.35. The first-order valence-electron chi connectivity index (χ1n) is 9.14. The number of fused-ring (bicyclic) bond motifs is 1. The molecule has 124 valence electrons. The van der Waals surface area contributed by atoms with E-state index in [1.54, 1.807) is 12.7 Å². The van der Waals surface area contributed by atoms with Crippen molar-refractivity contribution in [2.75, 3.05) is 7.11 Å². The van der Waals surface area contributed by atoms with Crippen LogP contribution in [0, 0.1) is 0 Å². The Bertz CT molecular complexity index is 653. The molecule has 0 radical (unpaired) electrons. The van der Waals surface area contributed by atoms with E-state index in [1.165, 1.54) is 79.2 Å². The monoisotopic (exact) mass is 328 g/mol. The Morgan fingerprint density at radius 1 is 0.870 bits per heavy atom. The van der Waals surface area contributed by atoms with E-state index in [2.05, 4.69) is 30.3 Å². The van der Waals surface area contributed by atoms with Gasteiger partial charge in [0.25, 0.3) is 0 Å². The summed E-state index contributed by atoms with van der Waals surface area (Å²) in [6.07, 6.45) is 16.2. The largest absolute Gasteiger partial charge is 0.497 e. The van der Waals surface area contributed by atoms with Gasteiger partial charge in [0.2, 0.25) is 0 Å². The van der Waals surface area contributed by atoms with Gasteiger partial charge in [0.1, 0.15) is 5.75 Å². The normalized spacial score (nSPS) is 20.3. The third-order valence-electron chi connectivity index (χ3n) is 4.83. The molecule has 0 saturated carbocycles. The van der Waals surface area contributed by atoms with Crippen LogP contribution in [0.25, 0.3) is 15.7 Å². The van der Waals surface area contributed by atoms with Gasteiger partial charge in [-0.3, -0.25) is 0 Å². The molecule has 0 unspecified atom stereocenters. The maximum Gasteiger partial charge on any atom is 0.120 e. The van der Waals surface area contributed by atoms with Gasteiger partial charge in [-0.05, 0) is 60.9 Å². The molecule has 0 fully saturated rings. The molecule has 1 aromatic carbocycles. The fraction of sp³-hybridized carbons (Fsp3) is 0.524. The maximum absolute atomic E-state index is 5.36. The second kappa shape index (κ2) is 8.54. The highest BCUT2D eigenvalue weighted by molar-refractivity contribution is 7.20. The van der Waals surface area contributed by atoms with Crippen LogP contribution in [0.3, 0.4) is 0 Å². The van der Waals surface area contributed by atoms with Crippen LogP contribution in [0.2, 0.25) is 0 Å². The molecule has 0 atom stereocenters. The molecule has 0 saturated heterocycles. The first-order valence-corrected chi connectivity index (χ1v) is 9.95. The first-order chi connectivity index (χ1) is 11.4. The Hall–Kier alpha value is -1.28. The summed E-state index contributed by atoms with van der Waals surface area (Å²) >= 11 is 1.92. The van der Waals surface area contributed by atoms with E-state index in [1.807, 2.05) is 11.3 Å². The number of methoxy groups -OCH3 is 1. The van der Waals surface area contributed by atoms with Crippen LogP contribution in [-0.2, 0) is 0 Å². The van der Waals surface area contributed by atoms with E-state index in [0.29, 0.717) is 0 Å². The smallest absolute Gasteiger partial charge is 0.120 e. The van der Waals surface area contributed by atoms with Crippen LogP contribution < -0.4 is 4.74 Å². The van der Waals surface area contributed by atoms with Gasteiger partial charge in [-0.25, -0.2) is 0 Å². The predicted octanol–water partition coefficient (Wildman–Crippen LogP) is 7.21. The standard InChI is InChI=1S/C21H28OS/c1-22-19-14-13-18-15-20(23-21(18)16-19)17-11-9-7-5-3-2-4-6-8-10-12-17/h11,13-16H,2-10,12H2,1H3/b17-11+. The van der Waals surface area contributed by atoms with Gasteiger partial charge in [-0.15, -0.1) is 11.3 Å². The number of allylic oxidation sites excluding steroid dienone is 2. The summed E-state index contributed by atoms with van der Waals surface area (Å²) in [7, 11) is 1.74. The minimum Gasteiger partial charge on any atom is -0.497 e.